The summed E-state index contributed by atoms with van der Waals surface area (Å²) in [5.74, 6) is -0.365. The number of ether oxygens (including phenoxy) is 1. The number of carbonyl (C=O) groups excluding carboxylic acids is 1. The second kappa shape index (κ2) is 7.89. The SMILES string of the molecule is CCc1cc(C(=O)OC)c(NC(=S)Nc2ccc(I)cc2)s1. The van der Waals surface area contributed by atoms with E-state index < -0.39 is 0 Å². The standard InChI is InChI=1S/C15H15IN2O2S2/c1-3-11-8-12(14(19)20-2)13(22-11)18-15(21)17-10-6-4-9(16)5-7-10/h4-8H,3H2,1-2H3,(H2,17,18,21). The molecule has 0 amide bonds. The number of hydrogen-bond donors (Lipinski definition) is 2. The Morgan fingerprint density at radius 1 is 1.32 bits per heavy atom. The van der Waals surface area contributed by atoms with Crippen LogP contribution in [0, 0.1) is 3.57 Å². The number of methoxy groups -OCH3 is 1. The van der Waals surface area contributed by atoms with Gasteiger partial charge in [-0.25, -0.2) is 4.79 Å². The first kappa shape index (κ1) is 17.2. The van der Waals surface area contributed by atoms with E-state index in [1.54, 1.807) is 0 Å². The molecule has 116 valence electrons. The molecular weight excluding hydrogens is 431 g/mol. The minimum absolute atomic E-state index is 0.365. The van der Waals surface area contributed by atoms with Crippen molar-refractivity contribution in [3.05, 3.63) is 44.3 Å². The molecule has 1 heterocycles. The first-order chi connectivity index (χ1) is 10.5. The second-order valence-corrected chi connectivity index (χ2v) is 7.18. The lowest BCUT2D eigenvalue weighted by atomic mass is 10.2. The summed E-state index contributed by atoms with van der Waals surface area (Å²) in [6, 6.07) is 9.72. The Labute approximate surface area is 152 Å². The number of anilines is 2. The van der Waals surface area contributed by atoms with E-state index in [9.17, 15) is 4.79 Å². The first-order valence-electron chi connectivity index (χ1n) is 6.58. The Kier molecular flexibility index (Phi) is 6.16. The van der Waals surface area contributed by atoms with E-state index >= 15 is 0 Å². The van der Waals surface area contributed by atoms with Crippen LogP contribution < -0.4 is 10.6 Å². The summed E-state index contributed by atoms with van der Waals surface area (Å²) in [6.07, 6.45) is 0.855. The van der Waals surface area contributed by atoms with Gasteiger partial charge in [0.1, 0.15) is 5.00 Å². The number of halogens is 1. The van der Waals surface area contributed by atoms with E-state index in [1.807, 2.05) is 37.3 Å². The van der Waals surface area contributed by atoms with Gasteiger partial charge >= 0.3 is 5.97 Å². The van der Waals surface area contributed by atoms with Gasteiger partial charge in [0.05, 0.1) is 12.7 Å². The summed E-state index contributed by atoms with van der Waals surface area (Å²) in [6.45, 7) is 2.04. The normalized spacial score (nSPS) is 10.1. The predicted octanol–water partition coefficient (Wildman–Crippen LogP) is 4.51. The van der Waals surface area contributed by atoms with Crippen LogP contribution in [0.5, 0.6) is 0 Å². The molecule has 0 radical (unpaired) electrons. The molecule has 2 rings (SSSR count). The van der Waals surface area contributed by atoms with Crippen LogP contribution in [0.3, 0.4) is 0 Å². The highest BCUT2D eigenvalue weighted by molar-refractivity contribution is 14.1. The number of thiophene rings is 1. The number of aryl methyl sites for hydroxylation is 1. The smallest absolute Gasteiger partial charge is 0.340 e. The van der Waals surface area contributed by atoms with Gasteiger partial charge in [0, 0.05) is 14.1 Å². The highest BCUT2D eigenvalue weighted by Crippen LogP contribution is 2.29. The number of esters is 1. The third-order valence-corrected chi connectivity index (χ3v) is 4.98. The maximum Gasteiger partial charge on any atom is 0.340 e. The zero-order valence-electron chi connectivity index (χ0n) is 12.1. The summed E-state index contributed by atoms with van der Waals surface area (Å²) < 4.78 is 5.96. The Morgan fingerprint density at radius 2 is 2.00 bits per heavy atom. The van der Waals surface area contributed by atoms with Crippen LogP contribution >= 0.6 is 46.1 Å². The second-order valence-electron chi connectivity index (χ2n) is 4.39. The van der Waals surface area contributed by atoms with E-state index in [0.717, 1.165) is 20.6 Å². The molecule has 0 aliphatic rings. The molecule has 0 fully saturated rings. The molecule has 22 heavy (non-hydrogen) atoms. The van der Waals surface area contributed by atoms with E-state index in [1.165, 1.54) is 18.4 Å². The molecule has 0 unspecified atom stereocenters. The fourth-order valence-corrected chi connectivity index (χ4v) is 3.40. The van der Waals surface area contributed by atoms with Crippen LogP contribution in [-0.2, 0) is 11.2 Å². The molecule has 0 saturated carbocycles. The number of carbonyl (C=O) groups is 1. The van der Waals surface area contributed by atoms with Crippen molar-refractivity contribution in [3.63, 3.8) is 0 Å². The molecular formula is C15H15IN2O2S2. The zero-order valence-corrected chi connectivity index (χ0v) is 15.9. The van der Waals surface area contributed by atoms with Crippen molar-refractivity contribution in [1.29, 1.82) is 0 Å². The van der Waals surface area contributed by atoms with Gasteiger partial charge in [-0.05, 0) is 71.6 Å². The fourth-order valence-electron chi connectivity index (χ4n) is 1.77. The highest BCUT2D eigenvalue weighted by atomic mass is 127. The van der Waals surface area contributed by atoms with Gasteiger partial charge in [-0.3, -0.25) is 0 Å². The molecule has 1 aromatic carbocycles. The lowest BCUT2D eigenvalue weighted by molar-refractivity contribution is 0.0602. The van der Waals surface area contributed by atoms with Gasteiger partial charge in [-0.1, -0.05) is 6.92 Å². The van der Waals surface area contributed by atoms with E-state index in [4.69, 9.17) is 17.0 Å². The molecule has 4 nitrogen and oxygen atoms in total. The fraction of sp³-hybridized carbons (Fsp3) is 0.200. The molecule has 0 atom stereocenters. The molecule has 0 aliphatic carbocycles. The molecule has 0 saturated heterocycles. The van der Waals surface area contributed by atoms with Crippen LogP contribution in [0.4, 0.5) is 10.7 Å². The van der Waals surface area contributed by atoms with Crippen molar-refractivity contribution in [3.8, 4) is 0 Å². The van der Waals surface area contributed by atoms with Crippen molar-refractivity contribution in [1.82, 2.24) is 0 Å². The monoisotopic (exact) mass is 446 g/mol. The molecule has 7 heteroatoms. The average molecular weight is 446 g/mol. The molecule has 0 aliphatic heterocycles. The maximum atomic E-state index is 11.8. The van der Waals surface area contributed by atoms with Gasteiger partial charge < -0.3 is 15.4 Å². The van der Waals surface area contributed by atoms with Gasteiger partial charge in [0.2, 0.25) is 0 Å². The summed E-state index contributed by atoms with van der Waals surface area (Å²) in [7, 11) is 1.37. The van der Waals surface area contributed by atoms with Crippen LogP contribution in [0.15, 0.2) is 30.3 Å². The summed E-state index contributed by atoms with van der Waals surface area (Å²) in [4.78, 5) is 12.9. The van der Waals surface area contributed by atoms with Gasteiger partial charge in [0.15, 0.2) is 5.11 Å². The Bertz CT molecular complexity index is 683. The number of rotatable bonds is 4. The van der Waals surface area contributed by atoms with Crippen molar-refractivity contribution in [2.24, 2.45) is 0 Å². The Hall–Kier alpha value is -1.19. The number of hydrogen-bond acceptors (Lipinski definition) is 4. The van der Waals surface area contributed by atoms with Gasteiger partial charge in [0.25, 0.3) is 0 Å². The maximum absolute atomic E-state index is 11.8. The summed E-state index contributed by atoms with van der Waals surface area (Å²) in [5, 5.41) is 7.32. The Morgan fingerprint density at radius 3 is 2.59 bits per heavy atom. The Balaban J connectivity index is 2.12. The van der Waals surface area contributed by atoms with E-state index in [-0.39, 0.29) is 5.97 Å². The molecule has 0 spiro atoms. The summed E-state index contributed by atoms with van der Waals surface area (Å²) in [5.41, 5.74) is 1.40. The minimum Gasteiger partial charge on any atom is -0.465 e. The van der Waals surface area contributed by atoms with Crippen LogP contribution in [0.1, 0.15) is 22.2 Å². The zero-order chi connectivity index (χ0) is 16.1. The highest BCUT2D eigenvalue weighted by Gasteiger charge is 2.17. The average Bonchev–Trinajstić information content (AvgIpc) is 2.91. The number of nitrogens with one attached hydrogen (secondary N) is 2. The van der Waals surface area contributed by atoms with Crippen molar-refractivity contribution in [2.75, 3.05) is 17.7 Å². The van der Waals surface area contributed by atoms with Crippen LogP contribution in [0.25, 0.3) is 0 Å². The third-order valence-electron chi connectivity index (χ3n) is 2.87. The van der Waals surface area contributed by atoms with Crippen LogP contribution in [0.2, 0.25) is 0 Å². The third kappa shape index (κ3) is 4.40. The van der Waals surface area contributed by atoms with Crippen molar-refractivity contribution in [2.45, 2.75) is 13.3 Å². The van der Waals surface area contributed by atoms with Crippen molar-refractivity contribution < 1.29 is 9.53 Å². The van der Waals surface area contributed by atoms with Crippen molar-refractivity contribution >= 4 is 67.9 Å². The first-order valence-corrected chi connectivity index (χ1v) is 8.88. The molecule has 1 aromatic heterocycles. The molecule has 0 bridgehead atoms. The quantitative estimate of drug-likeness (QED) is 0.411. The topological polar surface area (TPSA) is 50.4 Å². The molecule has 2 aromatic rings. The van der Waals surface area contributed by atoms with Gasteiger partial charge in [-0.15, -0.1) is 11.3 Å². The lowest BCUT2D eigenvalue weighted by Crippen LogP contribution is -2.19. The van der Waals surface area contributed by atoms with E-state index in [0.29, 0.717) is 15.7 Å². The van der Waals surface area contributed by atoms with E-state index in [2.05, 4.69) is 33.2 Å². The summed E-state index contributed by atoms with van der Waals surface area (Å²) >= 11 is 9.06. The van der Waals surface area contributed by atoms with Crippen LogP contribution in [-0.4, -0.2) is 18.2 Å². The lowest BCUT2D eigenvalue weighted by Gasteiger charge is -2.10. The largest absolute Gasteiger partial charge is 0.465 e. The molecule has 2 N–H and O–H groups in total. The minimum atomic E-state index is -0.365. The predicted molar refractivity (Wildman–Crippen MR) is 104 cm³/mol. The number of benzene rings is 1. The number of thiocarbonyl (C=S) groups is 1. The van der Waals surface area contributed by atoms with Gasteiger partial charge in [-0.2, -0.15) is 0 Å².